The molecule has 0 aliphatic carbocycles. The number of carboxylic acids is 1. The lowest BCUT2D eigenvalue weighted by atomic mass is 10.0. The zero-order valence-electron chi connectivity index (χ0n) is 22.0. The fraction of sp³-hybridized carbons (Fsp3) is 0.429. The van der Waals surface area contributed by atoms with Crippen LogP contribution in [0.25, 0.3) is 10.9 Å². The maximum Gasteiger partial charge on any atom is 0.338 e. The first-order chi connectivity index (χ1) is 17.4. The van der Waals surface area contributed by atoms with Gasteiger partial charge in [0.2, 0.25) is 5.91 Å². The van der Waals surface area contributed by atoms with E-state index in [4.69, 9.17) is 0 Å². The zero-order valence-corrected chi connectivity index (χ0v) is 22.9. The van der Waals surface area contributed by atoms with Gasteiger partial charge in [0, 0.05) is 23.5 Å². The van der Waals surface area contributed by atoms with Crippen molar-refractivity contribution in [3.8, 4) is 0 Å². The average Bonchev–Trinajstić information content (AvgIpc) is 3.20. The highest BCUT2D eigenvalue weighted by Gasteiger charge is 2.36. The lowest BCUT2D eigenvalue weighted by Gasteiger charge is -2.20. The van der Waals surface area contributed by atoms with Crippen LogP contribution >= 0.6 is 7.60 Å². The van der Waals surface area contributed by atoms with Crippen molar-refractivity contribution in [1.29, 1.82) is 0 Å². The highest BCUT2D eigenvalue weighted by Crippen LogP contribution is 2.43. The van der Waals surface area contributed by atoms with Crippen LogP contribution in [0.4, 0.5) is 0 Å². The third-order valence-corrected chi connectivity index (χ3v) is 7.49. The second-order valence-electron chi connectivity index (χ2n) is 9.76. The molecular formula is C28H39N2O6P. The van der Waals surface area contributed by atoms with E-state index in [9.17, 15) is 29.0 Å². The van der Waals surface area contributed by atoms with Gasteiger partial charge < -0.3 is 25.2 Å². The number of fused-ring (bicyclic) bond motifs is 1. The van der Waals surface area contributed by atoms with Gasteiger partial charge in [0.15, 0.2) is 0 Å². The first kappa shape index (κ1) is 30.3. The highest BCUT2D eigenvalue weighted by molar-refractivity contribution is 7.53. The molecule has 0 fully saturated rings. The number of benzene rings is 1. The molecule has 9 heteroatoms. The molecule has 0 aliphatic heterocycles. The summed E-state index contributed by atoms with van der Waals surface area (Å²) in [5, 5.41) is 12.9. The van der Waals surface area contributed by atoms with Crippen molar-refractivity contribution in [3.63, 3.8) is 0 Å². The summed E-state index contributed by atoms with van der Waals surface area (Å²) >= 11 is 0. The lowest BCUT2D eigenvalue weighted by molar-refractivity contribution is -0.141. The van der Waals surface area contributed by atoms with Gasteiger partial charge in [-0.2, -0.15) is 0 Å². The van der Waals surface area contributed by atoms with Crippen molar-refractivity contribution in [2.75, 3.05) is 0 Å². The van der Waals surface area contributed by atoms with E-state index in [1.54, 1.807) is 12.3 Å². The van der Waals surface area contributed by atoms with E-state index in [1.807, 2.05) is 31.2 Å². The Balaban J connectivity index is 2.02. The van der Waals surface area contributed by atoms with Crippen LogP contribution in [0.15, 0.2) is 65.4 Å². The van der Waals surface area contributed by atoms with Crippen molar-refractivity contribution in [2.45, 2.75) is 77.9 Å². The van der Waals surface area contributed by atoms with Crippen LogP contribution in [-0.2, 0) is 20.6 Å². The van der Waals surface area contributed by atoms with Gasteiger partial charge in [0.1, 0.15) is 11.7 Å². The van der Waals surface area contributed by atoms with Gasteiger partial charge in [-0.3, -0.25) is 9.36 Å². The first-order valence-electron chi connectivity index (χ1n) is 12.5. The molecule has 2 unspecified atom stereocenters. The van der Waals surface area contributed by atoms with E-state index in [2.05, 4.69) is 43.2 Å². The maximum absolute atomic E-state index is 12.8. The number of carboxylic acid groups (broad SMARTS) is 1. The number of aromatic nitrogens is 1. The average molecular weight is 531 g/mol. The molecule has 37 heavy (non-hydrogen) atoms. The van der Waals surface area contributed by atoms with Gasteiger partial charge in [0.05, 0.1) is 0 Å². The molecular weight excluding hydrogens is 491 g/mol. The van der Waals surface area contributed by atoms with Crippen LogP contribution < -0.4 is 5.32 Å². The molecule has 2 rings (SSSR count). The maximum atomic E-state index is 12.8. The van der Waals surface area contributed by atoms with E-state index in [-0.39, 0.29) is 12.8 Å². The van der Waals surface area contributed by atoms with Crippen molar-refractivity contribution in [2.24, 2.45) is 0 Å². The number of nitrogens with one attached hydrogen (secondary N) is 2. The molecule has 2 aromatic rings. The Labute approximate surface area is 218 Å². The minimum absolute atomic E-state index is 0.0207. The standard InChI is InChI=1S/C28H39N2O6P/c1-19(2)9-7-10-20(3)11-8-12-21(4)15-16-26(37(34,35)36)27(31)30-25(28(32)33)17-22-18-29-24-14-6-5-13-23(22)24/h5-6,9,11,13-15,18,25-26,29H,7-8,10,12,16-17H2,1-4H3,(H,30,31)(H,32,33)(H2,34,35,36)/b20-11+,21-15+. The predicted molar refractivity (Wildman–Crippen MR) is 147 cm³/mol. The van der Waals surface area contributed by atoms with Gasteiger partial charge in [-0.1, -0.05) is 53.1 Å². The Morgan fingerprint density at radius 2 is 1.62 bits per heavy atom. The Kier molecular flexibility index (Phi) is 11.6. The molecule has 0 aliphatic rings. The van der Waals surface area contributed by atoms with Crippen LogP contribution in [-0.4, -0.2) is 43.5 Å². The molecule has 1 aromatic carbocycles. The largest absolute Gasteiger partial charge is 0.480 e. The summed E-state index contributed by atoms with van der Waals surface area (Å²) in [6, 6.07) is 6.04. The molecule has 8 nitrogen and oxygen atoms in total. The van der Waals surface area contributed by atoms with Gasteiger partial charge in [-0.25, -0.2) is 4.79 Å². The smallest absolute Gasteiger partial charge is 0.338 e. The normalized spacial score (nSPS) is 14.3. The topological polar surface area (TPSA) is 140 Å². The monoisotopic (exact) mass is 530 g/mol. The minimum atomic E-state index is -4.82. The van der Waals surface area contributed by atoms with Crippen molar-refractivity contribution >= 4 is 30.4 Å². The number of rotatable bonds is 14. The molecule has 202 valence electrons. The van der Waals surface area contributed by atoms with Gasteiger partial charge >= 0.3 is 13.6 Å². The summed E-state index contributed by atoms with van der Waals surface area (Å²) in [6.45, 7) is 8.09. The van der Waals surface area contributed by atoms with Crippen molar-refractivity contribution in [3.05, 3.63) is 71.0 Å². The van der Waals surface area contributed by atoms with E-state index in [0.717, 1.165) is 35.7 Å². The summed E-state index contributed by atoms with van der Waals surface area (Å²) in [4.78, 5) is 47.4. The Hall–Kier alpha value is -2.93. The molecule has 0 spiro atoms. The van der Waals surface area contributed by atoms with Gasteiger partial charge in [-0.15, -0.1) is 0 Å². The van der Waals surface area contributed by atoms with E-state index >= 15 is 0 Å². The number of hydrogen-bond donors (Lipinski definition) is 5. The van der Waals surface area contributed by atoms with E-state index in [1.165, 1.54) is 11.1 Å². The fourth-order valence-corrected chi connectivity index (χ4v) is 4.80. The second kappa shape index (κ2) is 14.1. The summed E-state index contributed by atoms with van der Waals surface area (Å²) in [5.41, 5.74) is 3.35. The molecule has 0 saturated heterocycles. The molecule has 1 heterocycles. The summed E-state index contributed by atoms with van der Waals surface area (Å²) in [6.07, 6.45) is 11.0. The minimum Gasteiger partial charge on any atom is -0.480 e. The summed E-state index contributed by atoms with van der Waals surface area (Å²) in [5.74, 6) is -2.25. The lowest BCUT2D eigenvalue weighted by Crippen LogP contribution is -2.46. The number of amides is 1. The predicted octanol–water partition coefficient (Wildman–Crippen LogP) is 5.64. The molecule has 0 radical (unpaired) electrons. The van der Waals surface area contributed by atoms with Crippen molar-refractivity contribution < 1.29 is 29.0 Å². The summed E-state index contributed by atoms with van der Waals surface area (Å²) in [7, 11) is -4.82. The number of aromatic amines is 1. The molecule has 0 bridgehead atoms. The SMILES string of the molecule is CC(C)=CCC/C(C)=C/CC/C(C)=C/CC(C(=O)NC(Cc1c[nH]c2ccccc12)C(=O)O)P(=O)(O)O. The first-order valence-corrected chi connectivity index (χ1v) is 14.1. The number of carbonyl (C=O) groups excluding carboxylic acids is 1. The Morgan fingerprint density at radius 3 is 2.24 bits per heavy atom. The van der Waals surface area contributed by atoms with Crippen LogP contribution in [0.3, 0.4) is 0 Å². The fourth-order valence-electron chi connectivity index (χ4n) is 4.04. The molecule has 0 saturated carbocycles. The van der Waals surface area contributed by atoms with Gasteiger partial charge in [0.25, 0.3) is 0 Å². The quantitative estimate of drug-likeness (QED) is 0.158. The number of aliphatic carboxylic acids is 1. The third-order valence-electron chi connectivity index (χ3n) is 6.23. The number of para-hydroxylation sites is 1. The molecule has 1 amide bonds. The van der Waals surface area contributed by atoms with Gasteiger partial charge in [-0.05, 0) is 71.4 Å². The van der Waals surface area contributed by atoms with Crippen LogP contribution in [0, 0.1) is 0 Å². The van der Waals surface area contributed by atoms with Crippen LogP contribution in [0.1, 0.15) is 65.4 Å². The number of allylic oxidation sites excluding steroid dienone is 6. The third kappa shape index (κ3) is 10.2. The highest BCUT2D eigenvalue weighted by atomic mass is 31.2. The molecule has 2 atom stereocenters. The molecule has 5 N–H and O–H groups in total. The number of carbonyl (C=O) groups is 2. The molecule has 1 aromatic heterocycles. The Bertz CT molecular complexity index is 1220. The van der Waals surface area contributed by atoms with E-state index in [0.29, 0.717) is 12.0 Å². The van der Waals surface area contributed by atoms with E-state index < -0.39 is 31.2 Å². The number of hydrogen-bond acceptors (Lipinski definition) is 3. The number of H-pyrrole nitrogens is 1. The van der Waals surface area contributed by atoms with Crippen LogP contribution in [0.5, 0.6) is 0 Å². The zero-order chi connectivity index (χ0) is 27.6. The second-order valence-corrected chi connectivity index (χ2v) is 11.6. The Morgan fingerprint density at radius 1 is 1.00 bits per heavy atom. The van der Waals surface area contributed by atoms with Crippen LogP contribution in [0.2, 0.25) is 0 Å². The van der Waals surface area contributed by atoms with Crippen molar-refractivity contribution in [1.82, 2.24) is 10.3 Å². The summed E-state index contributed by atoms with van der Waals surface area (Å²) < 4.78 is 12.1.